The predicted molar refractivity (Wildman–Crippen MR) is 143 cm³/mol. The third kappa shape index (κ3) is 9.26. The first-order valence-electron chi connectivity index (χ1n) is 12.1. The van der Waals surface area contributed by atoms with E-state index in [1.54, 1.807) is 12.1 Å². The fraction of sp³-hybridized carbons (Fsp3) is 0.407. The van der Waals surface area contributed by atoms with Crippen molar-refractivity contribution >= 4 is 36.3 Å². The smallest absolute Gasteiger partial charge is 0.491 e. The largest absolute Gasteiger partial charge is 0.511 e. The Hall–Kier alpha value is -3.79. The SMILES string of the molecule is CC(C)COC(=O)OC(C)OC(=O)C[C@@H]1C[C@@H](COc2ccc(-c3ccc(C(=N)N)cc3)cc2)NC1=O.Cl. The van der Waals surface area contributed by atoms with Crippen molar-refractivity contribution < 1.29 is 33.3 Å². The quantitative estimate of drug-likeness (QED) is 0.165. The zero-order valence-corrected chi connectivity index (χ0v) is 22.4. The zero-order chi connectivity index (χ0) is 26.9. The molecule has 4 N–H and O–H groups in total. The van der Waals surface area contributed by atoms with Gasteiger partial charge >= 0.3 is 12.1 Å². The average Bonchev–Trinajstić information content (AvgIpc) is 3.20. The lowest BCUT2D eigenvalue weighted by atomic mass is 10.0. The van der Waals surface area contributed by atoms with Crippen LogP contribution in [0.1, 0.15) is 39.2 Å². The summed E-state index contributed by atoms with van der Waals surface area (Å²) in [6, 6.07) is 14.7. The Morgan fingerprint density at radius 1 is 1.03 bits per heavy atom. The van der Waals surface area contributed by atoms with Crippen LogP contribution in [0.4, 0.5) is 4.79 Å². The highest BCUT2D eigenvalue weighted by Crippen LogP contribution is 2.24. The number of amides is 1. The highest BCUT2D eigenvalue weighted by atomic mass is 35.5. The molecule has 3 rings (SSSR count). The van der Waals surface area contributed by atoms with Crippen molar-refractivity contribution in [1.29, 1.82) is 5.41 Å². The Labute approximate surface area is 228 Å². The van der Waals surface area contributed by atoms with Gasteiger partial charge in [0.15, 0.2) is 0 Å². The van der Waals surface area contributed by atoms with Crippen LogP contribution in [0.25, 0.3) is 11.1 Å². The maximum atomic E-state index is 12.3. The van der Waals surface area contributed by atoms with Crippen molar-refractivity contribution in [3.8, 4) is 16.9 Å². The Morgan fingerprint density at radius 3 is 2.21 bits per heavy atom. The number of benzene rings is 2. The van der Waals surface area contributed by atoms with Crippen LogP contribution in [0.5, 0.6) is 5.75 Å². The molecule has 2 aromatic rings. The number of nitrogens with two attached hydrogens (primary N) is 1. The van der Waals surface area contributed by atoms with Crippen LogP contribution in [0, 0.1) is 17.2 Å². The summed E-state index contributed by atoms with van der Waals surface area (Å²) in [7, 11) is 0. The van der Waals surface area contributed by atoms with E-state index in [2.05, 4.69) is 5.32 Å². The maximum absolute atomic E-state index is 12.3. The van der Waals surface area contributed by atoms with E-state index < -0.39 is 24.3 Å². The standard InChI is InChI=1S/C27H33N3O7.ClH/c1-16(2)14-35-27(33)37-17(3)36-24(31)13-21-12-22(30-26(21)32)15-34-23-10-8-19(9-11-23)18-4-6-20(7-5-18)25(28)29;/h4-11,16-17,21-22H,12-15H2,1-3H3,(H3,28,29)(H,30,32);1H/t17?,21-,22-;/m0./s1. The fourth-order valence-corrected chi connectivity index (χ4v) is 3.76. The lowest BCUT2D eigenvalue weighted by Gasteiger charge is -2.15. The fourth-order valence-electron chi connectivity index (χ4n) is 3.76. The van der Waals surface area contributed by atoms with Gasteiger partial charge in [-0.3, -0.25) is 15.0 Å². The first-order valence-corrected chi connectivity index (χ1v) is 12.1. The van der Waals surface area contributed by atoms with Crippen molar-refractivity contribution in [2.45, 2.75) is 45.9 Å². The van der Waals surface area contributed by atoms with Crippen LogP contribution < -0.4 is 15.8 Å². The number of halogens is 1. The molecule has 1 heterocycles. The van der Waals surface area contributed by atoms with Gasteiger partial charge in [0.05, 0.1) is 25.0 Å². The molecule has 0 aliphatic carbocycles. The number of rotatable bonds is 11. The molecule has 0 bridgehead atoms. The molecule has 1 aliphatic rings. The lowest BCUT2D eigenvalue weighted by molar-refractivity contribution is -0.169. The topological polar surface area (TPSA) is 150 Å². The van der Waals surface area contributed by atoms with E-state index in [9.17, 15) is 14.4 Å². The van der Waals surface area contributed by atoms with E-state index in [0.29, 0.717) is 17.7 Å². The summed E-state index contributed by atoms with van der Waals surface area (Å²) in [5.74, 6) is -0.619. The molecule has 1 amide bonds. The third-order valence-corrected chi connectivity index (χ3v) is 5.63. The molecule has 0 spiro atoms. The van der Waals surface area contributed by atoms with Crippen molar-refractivity contribution in [2.24, 2.45) is 17.6 Å². The molecule has 3 atom stereocenters. The molecule has 38 heavy (non-hydrogen) atoms. The highest BCUT2D eigenvalue weighted by molar-refractivity contribution is 5.95. The van der Waals surface area contributed by atoms with Gasteiger partial charge in [0.2, 0.25) is 12.2 Å². The van der Waals surface area contributed by atoms with Gasteiger partial charge in [-0.2, -0.15) is 0 Å². The van der Waals surface area contributed by atoms with Crippen LogP contribution >= 0.6 is 12.4 Å². The number of esters is 1. The van der Waals surface area contributed by atoms with Crippen molar-refractivity contribution in [3.63, 3.8) is 0 Å². The predicted octanol–water partition coefficient (Wildman–Crippen LogP) is 4.03. The van der Waals surface area contributed by atoms with Crippen LogP contribution in [-0.4, -0.2) is 49.4 Å². The number of hydrogen-bond donors (Lipinski definition) is 3. The zero-order valence-electron chi connectivity index (χ0n) is 21.6. The molecule has 0 saturated carbocycles. The van der Waals surface area contributed by atoms with Gasteiger partial charge in [-0.1, -0.05) is 50.2 Å². The number of amidine groups is 1. The van der Waals surface area contributed by atoms with Gasteiger partial charge in [0.1, 0.15) is 18.2 Å². The lowest BCUT2D eigenvalue weighted by Crippen LogP contribution is -2.31. The molecule has 206 valence electrons. The monoisotopic (exact) mass is 547 g/mol. The van der Waals surface area contributed by atoms with E-state index in [1.807, 2.05) is 50.2 Å². The maximum Gasteiger partial charge on any atom is 0.511 e. The Bertz CT molecular complexity index is 1110. The van der Waals surface area contributed by atoms with Crippen molar-refractivity contribution in [3.05, 3.63) is 54.1 Å². The number of nitrogens with one attached hydrogen (secondary N) is 2. The molecule has 1 unspecified atom stereocenters. The van der Waals surface area contributed by atoms with Gasteiger partial charge in [-0.15, -0.1) is 12.4 Å². The minimum absolute atomic E-state index is 0. The summed E-state index contributed by atoms with van der Waals surface area (Å²) in [6.45, 7) is 5.63. The number of carbonyl (C=O) groups is 3. The van der Waals surface area contributed by atoms with E-state index in [4.69, 9.17) is 30.1 Å². The van der Waals surface area contributed by atoms with E-state index in [0.717, 1.165) is 11.1 Å². The van der Waals surface area contributed by atoms with Crippen LogP contribution in [0.2, 0.25) is 0 Å². The summed E-state index contributed by atoms with van der Waals surface area (Å²) in [6.07, 6.45) is -1.75. The molecule has 0 aromatic heterocycles. The summed E-state index contributed by atoms with van der Waals surface area (Å²) < 4.78 is 20.7. The Kier molecular flexibility index (Phi) is 11.4. The van der Waals surface area contributed by atoms with Crippen LogP contribution in [0.3, 0.4) is 0 Å². The summed E-state index contributed by atoms with van der Waals surface area (Å²) in [5, 5.41) is 10.3. The molecule has 2 aromatic carbocycles. The summed E-state index contributed by atoms with van der Waals surface area (Å²) in [4.78, 5) is 36.1. The van der Waals surface area contributed by atoms with Gasteiger partial charge in [-0.05, 0) is 35.6 Å². The van der Waals surface area contributed by atoms with E-state index in [-0.39, 0.29) is 55.7 Å². The summed E-state index contributed by atoms with van der Waals surface area (Å²) in [5.41, 5.74) is 8.14. The van der Waals surface area contributed by atoms with E-state index in [1.165, 1.54) is 6.92 Å². The Morgan fingerprint density at radius 2 is 1.63 bits per heavy atom. The second-order valence-corrected chi connectivity index (χ2v) is 9.30. The van der Waals surface area contributed by atoms with E-state index >= 15 is 0 Å². The molecular formula is C27H34ClN3O7. The average molecular weight is 548 g/mol. The van der Waals surface area contributed by atoms with Gasteiger partial charge in [0, 0.05) is 12.5 Å². The van der Waals surface area contributed by atoms with Crippen molar-refractivity contribution in [1.82, 2.24) is 5.32 Å². The van der Waals surface area contributed by atoms with Crippen LogP contribution in [-0.2, 0) is 23.8 Å². The molecule has 10 nitrogen and oxygen atoms in total. The molecular weight excluding hydrogens is 514 g/mol. The second kappa shape index (κ2) is 14.2. The third-order valence-electron chi connectivity index (χ3n) is 5.63. The first kappa shape index (κ1) is 30.4. The highest BCUT2D eigenvalue weighted by Gasteiger charge is 2.34. The van der Waals surface area contributed by atoms with Crippen LogP contribution in [0.15, 0.2) is 48.5 Å². The minimum Gasteiger partial charge on any atom is -0.491 e. The van der Waals surface area contributed by atoms with Crippen molar-refractivity contribution in [2.75, 3.05) is 13.2 Å². The number of hydrogen-bond acceptors (Lipinski definition) is 8. The summed E-state index contributed by atoms with van der Waals surface area (Å²) >= 11 is 0. The minimum atomic E-state index is -1.12. The Balaban J connectivity index is 0.00000507. The number of nitrogen functional groups attached to an aromatic ring is 1. The molecule has 1 saturated heterocycles. The second-order valence-electron chi connectivity index (χ2n) is 9.30. The molecule has 0 radical (unpaired) electrons. The van der Waals surface area contributed by atoms with Gasteiger partial charge in [0.25, 0.3) is 0 Å². The number of ether oxygens (including phenoxy) is 4. The molecule has 1 fully saturated rings. The molecule has 1 aliphatic heterocycles. The normalized spacial score (nSPS) is 17.1. The molecule has 11 heteroatoms. The van der Waals surface area contributed by atoms with Gasteiger partial charge < -0.3 is 30.0 Å². The number of carbonyl (C=O) groups excluding carboxylic acids is 3. The van der Waals surface area contributed by atoms with Gasteiger partial charge in [-0.25, -0.2) is 4.79 Å². The first-order chi connectivity index (χ1) is 17.6.